The van der Waals surface area contributed by atoms with E-state index in [9.17, 15) is 4.79 Å². The molecule has 0 aromatic heterocycles. The molecule has 0 unspecified atom stereocenters. The average molecular weight is 140 g/mol. The van der Waals surface area contributed by atoms with Gasteiger partial charge in [-0.1, -0.05) is 19.8 Å². The Bertz CT molecular complexity index is 118. The molecule has 0 aromatic rings. The van der Waals surface area contributed by atoms with Gasteiger partial charge in [-0.25, -0.2) is 0 Å². The highest BCUT2D eigenvalue weighted by Gasteiger charge is 2.22. The Balaban J connectivity index is 2.20. The van der Waals surface area contributed by atoms with E-state index < -0.39 is 0 Å². The van der Waals surface area contributed by atoms with E-state index in [2.05, 4.69) is 6.92 Å². The van der Waals surface area contributed by atoms with Crippen LogP contribution in [0.4, 0.5) is 0 Å². The van der Waals surface area contributed by atoms with Crippen molar-refractivity contribution in [3.63, 3.8) is 0 Å². The molecule has 1 aliphatic carbocycles. The van der Waals surface area contributed by atoms with Crippen LogP contribution in [0.5, 0.6) is 0 Å². The van der Waals surface area contributed by atoms with E-state index in [4.69, 9.17) is 0 Å². The third kappa shape index (κ3) is 1.83. The van der Waals surface area contributed by atoms with Crippen LogP contribution in [0.25, 0.3) is 0 Å². The third-order valence-electron chi connectivity index (χ3n) is 2.34. The highest BCUT2D eigenvalue weighted by molar-refractivity contribution is 5.82. The SMILES string of the molecule is CCCC[C@@H]1CCCC1=O. The van der Waals surface area contributed by atoms with Crippen molar-refractivity contribution in [3.8, 4) is 0 Å². The largest absolute Gasteiger partial charge is 0.299 e. The maximum atomic E-state index is 11.1. The molecular formula is C9H16O. The van der Waals surface area contributed by atoms with Crippen molar-refractivity contribution in [2.75, 3.05) is 0 Å². The van der Waals surface area contributed by atoms with Gasteiger partial charge in [-0.2, -0.15) is 0 Å². The molecule has 0 radical (unpaired) electrons. The van der Waals surface area contributed by atoms with Gasteiger partial charge in [0.1, 0.15) is 5.78 Å². The van der Waals surface area contributed by atoms with Crippen molar-refractivity contribution in [1.82, 2.24) is 0 Å². The van der Waals surface area contributed by atoms with Gasteiger partial charge in [0.25, 0.3) is 0 Å². The second-order valence-corrected chi connectivity index (χ2v) is 3.20. The fourth-order valence-electron chi connectivity index (χ4n) is 1.64. The predicted octanol–water partition coefficient (Wildman–Crippen LogP) is 2.55. The standard InChI is InChI=1S/C9H16O/c1-2-3-5-8-6-4-7-9(8)10/h8H,2-7H2,1H3/t8-/m1/s1. The molecule has 0 bridgehead atoms. The Labute approximate surface area is 62.8 Å². The number of Topliss-reactive ketones (excluding diaryl/α,β-unsaturated/α-hetero) is 1. The fraction of sp³-hybridized carbons (Fsp3) is 0.889. The quantitative estimate of drug-likeness (QED) is 0.588. The molecule has 0 aromatic carbocycles. The molecule has 1 saturated carbocycles. The first-order valence-corrected chi connectivity index (χ1v) is 4.37. The van der Waals surface area contributed by atoms with E-state index in [1.54, 1.807) is 0 Å². The van der Waals surface area contributed by atoms with E-state index in [1.807, 2.05) is 0 Å². The van der Waals surface area contributed by atoms with Crippen molar-refractivity contribution >= 4 is 5.78 Å². The van der Waals surface area contributed by atoms with Gasteiger partial charge in [-0.3, -0.25) is 4.79 Å². The monoisotopic (exact) mass is 140 g/mol. The zero-order valence-corrected chi connectivity index (χ0v) is 6.73. The summed E-state index contributed by atoms with van der Waals surface area (Å²) in [7, 11) is 0. The van der Waals surface area contributed by atoms with Gasteiger partial charge in [0.05, 0.1) is 0 Å². The van der Waals surface area contributed by atoms with Gasteiger partial charge >= 0.3 is 0 Å². The molecule has 0 N–H and O–H groups in total. The van der Waals surface area contributed by atoms with Crippen molar-refractivity contribution in [2.24, 2.45) is 5.92 Å². The van der Waals surface area contributed by atoms with Crippen LogP contribution in [0.2, 0.25) is 0 Å². The Morgan fingerprint density at radius 2 is 2.40 bits per heavy atom. The summed E-state index contributed by atoms with van der Waals surface area (Å²) in [6.07, 6.45) is 6.77. The molecule has 0 spiro atoms. The first-order valence-electron chi connectivity index (χ1n) is 4.37. The number of hydrogen-bond acceptors (Lipinski definition) is 1. The Hall–Kier alpha value is -0.330. The van der Waals surface area contributed by atoms with Crippen molar-refractivity contribution < 1.29 is 4.79 Å². The lowest BCUT2D eigenvalue weighted by Gasteiger charge is -2.04. The smallest absolute Gasteiger partial charge is 0.135 e. The first kappa shape index (κ1) is 7.77. The zero-order valence-electron chi connectivity index (χ0n) is 6.73. The lowest BCUT2D eigenvalue weighted by atomic mass is 10.0. The van der Waals surface area contributed by atoms with Gasteiger partial charge in [-0.05, 0) is 19.3 Å². The number of unbranched alkanes of at least 4 members (excludes halogenated alkanes) is 1. The molecule has 1 fully saturated rings. The van der Waals surface area contributed by atoms with Crippen LogP contribution in [-0.4, -0.2) is 5.78 Å². The van der Waals surface area contributed by atoms with Crippen LogP contribution in [-0.2, 0) is 4.79 Å². The van der Waals surface area contributed by atoms with Crippen LogP contribution < -0.4 is 0 Å². The fourth-order valence-corrected chi connectivity index (χ4v) is 1.64. The number of carbonyl (C=O) groups is 1. The van der Waals surface area contributed by atoms with Gasteiger partial charge in [-0.15, -0.1) is 0 Å². The second kappa shape index (κ2) is 3.75. The highest BCUT2D eigenvalue weighted by atomic mass is 16.1. The van der Waals surface area contributed by atoms with Crippen LogP contribution in [0.15, 0.2) is 0 Å². The summed E-state index contributed by atoms with van der Waals surface area (Å²) in [6.45, 7) is 2.18. The molecule has 1 nitrogen and oxygen atoms in total. The lowest BCUT2D eigenvalue weighted by molar-refractivity contribution is -0.120. The summed E-state index contributed by atoms with van der Waals surface area (Å²) in [5.41, 5.74) is 0. The summed E-state index contributed by atoms with van der Waals surface area (Å²) >= 11 is 0. The second-order valence-electron chi connectivity index (χ2n) is 3.20. The maximum absolute atomic E-state index is 11.1. The summed E-state index contributed by atoms with van der Waals surface area (Å²) < 4.78 is 0. The number of ketones is 1. The minimum Gasteiger partial charge on any atom is -0.299 e. The molecular weight excluding hydrogens is 124 g/mol. The van der Waals surface area contributed by atoms with Gasteiger partial charge in [0, 0.05) is 12.3 Å². The Morgan fingerprint density at radius 3 is 2.90 bits per heavy atom. The Kier molecular flexibility index (Phi) is 2.91. The summed E-state index contributed by atoms with van der Waals surface area (Å²) in [4.78, 5) is 11.1. The van der Waals surface area contributed by atoms with Crippen molar-refractivity contribution in [2.45, 2.75) is 45.4 Å². The van der Waals surface area contributed by atoms with Gasteiger partial charge in [0.15, 0.2) is 0 Å². The molecule has 0 aliphatic heterocycles. The van der Waals surface area contributed by atoms with Crippen LogP contribution >= 0.6 is 0 Å². The number of carbonyl (C=O) groups excluding carboxylic acids is 1. The summed E-state index contributed by atoms with van der Waals surface area (Å²) in [6, 6.07) is 0. The van der Waals surface area contributed by atoms with Crippen molar-refractivity contribution in [3.05, 3.63) is 0 Å². The normalized spacial score (nSPS) is 25.7. The molecule has 0 heterocycles. The van der Waals surface area contributed by atoms with Crippen molar-refractivity contribution in [1.29, 1.82) is 0 Å². The van der Waals surface area contributed by atoms with E-state index in [0.29, 0.717) is 11.7 Å². The molecule has 1 heteroatoms. The molecule has 1 rings (SSSR count). The third-order valence-corrected chi connectivity index (χ3v) is 2.34. The van der Waals surface area contributed by atoms with E-state index >= 15 is 0 Å². The predicted molar refractivity (Wildman–Crippen MR) is 41.9 cm³/mol. The molecule has 10 heavy (non-hydrogen) atoms. The molecule has 1 atom stereocenters. The van der Waals surface area contributed by atoms with Gasteiger partial charge in [0.2, 0.25) is 0 Å². The number of rotatable bonds is 3. The van der Waals surface area contributed by atoms with E-state index in [0.717, 1.165) is 19.3 Å². The zero-order chi connectivity index (χ0) is 7.40. The first-order chi connectivity index (χ1) is 4.84. The topological polar surface area (TPSA) is 17.1 Å². The lowest BCUT2D eigenvalue weighted by Crippen LogP contribution is -2.05. The average Bonchev–Trinajstić information content (AvgIpc) is 2.31. The molecule has 0 saturated heterocycles. The molecule has 0 amide bonds. The minimum atomic E-state index is 0.444. The van der Waals surface area contributed by atoms with E-state index in [-0.39, 0.29) is 0 Å². The van der Waals surface area contributed by atoms with Crippen LogP contribution in [0.3, 0.4) is 0 Å². The summed E-state index contributed by atoms with van der Waals surface area (Å²) in [5.74, 6) is 0.966. The Morgan fingerprint density at radius 1 is 1.60 bits per heavy atom. The van der Waals surface area contributed by atoms with Gasteiger partial charge < -0.3 is 0 Å². The number of hydrogen-bond donors (Lipinski definition) is 0. The van der Waals surface area contributed by atoms with Crippen LogP contribution in [0, 0.1) is 5.92 Å². The van der Waals surface area contributed by atoms with E-state index in [1.165, 1.54) is 19.3 Å². The highest BCUT2D eigenvalue weighted by Crippen LogP contribution is 2.25. The maximum Gasteiger partial charge on any atom is 0.135 e. The summed E-state index contributed by atoms with van der Waals surface area (Å²) in [5, 5.41) is 0. The van der Waals surface area contributed by atoms with Crippen LogP contribution in [0.1, 0.15) is 45.4 Å². The molecule has 1 aliphatic rings. The molecule has 58 valence electrons. The minimum absolute atomic E-state index is 0.444.